The molecule has 2 atom stereocenters. The van der Waals surface area contributed by atoms with Gasteiger partial charge in [0.25, 0.3) is 0 Å². The van der Waals surface area contributed by atoms with Gasteiger partial charge in [-0.2, -0.15) is 0 Å². The number of ether oxygens (including phenoxy) is 1. The molecule has 0 aliphatic carbocycles. The molecule has 0 bridgehead atoms. The Morgan fingerprint density at radius 2 is 2.47 bits per heavy atom. The van der Waals surface area contributed by atoms with Crippen LogP contribution in [0.4, 0.5) is 0 Å². The van der Waals surface area contributed by atoms with E-state index in [1.807, 2.05) is 0 Å². The maximum absolute atomic E-state index is 5.75. The lowest BCUT2D eigenvalue weighted by atomic mass is 9.99. The zero-order valence-corrected chi connectivity index (χ0v) is 11.3. The Hall–Kier alpha value is -0.420. The summed E-state index contributed by atoms with van der Waals surface area (Å²) in [4.78, 5) is 1.34. The second kappa shape index (κ2) is 6.50. The molecule has 1 aliphatic heterocycles. The molecule has 17 heavy (non-hydrogen) atoms. The number of nitrogens with two attached hydrogens (primary N) is 1. The minimum atomic E-state index is 0.269. The third-order valence-corrected chi connectivity index (χ3v) is 4.29. The van der Waals surface area contributed by atoms with Gasteiger partial charge in [-0.3, -0.25) is 11.3 Å². The van der Waals surface area contributed by atoms with Crippen LogP contribution >= 0.6 is 11.3 Å². The van der Waals surface area contributed by atoms with Crippen molar-refractivity contribution < 1.29 is 4.74 Å². The summed E-state index contributed by atoms with van der Waals surface area (Å²) in [6, 6.07) is 2.49. The molecule has 2 heterocycles. The maximum atomic E-state index is 5.75. The highest BCUT2D eigenvalue weighted by Crippen LogP contribution is 2.26. The number of hydrogen-bond donors (Lipinski definition) is 2. The van der Waals surface area contributed by atoms with Crippen LogP contribution < -0.4 is 11.3 Å². The monoisotopic (exact) mass is 254 g/mol. The fraction of sp³-hybridized carbons (Fsp3) is 0.692. The molecular formula is C13H22N2OS. The van der Waals surface area contributed by atoms with Crippen LogP contribution in [0.3, 0.4) is 0 Å². The van der Waals surface area contributed by atoms with Crippen molar-refractivity contribution in [3.05, 3.63) is 21.9 Å². The van der Waals surface area contributed by atoms with Crippen LogP contribution in [-0.4, -0.2) is 12.7 Å². The van der Waals surface area contributed by atoms with Gasteiger partial charge in [0.1, 0.15) is 0 Å². The summed E-state index contributed by atoms with van der Waals surface area (Å²) in [5.74, 6) is 5.64. The van der Waals surface area contributed by atoms with Gasteiger partial charge >= 0.3 is 0 Å². The molecule has 0 radical (unpaired) electrons. The smallest absolute Gasteiger partial charge is 0.0575 e. The van der Waals surface area contributed by atoms with Crippen LogP contribution in [0.5, 0.6) is 0 Å². The lowest BCUT2D eigenvalue weighted by molar-refractivity contribution is 0.00855. The van der Waals surface area contributed by atoms with Crippen LogP contribution in [0.1, 0.15) is 48.6 Å². The summed E-state index contributed by atoms with van der Waals surface area (Å²) >= 11 is 1.78. The summed E-state index contributed by atoms with van der Waals surface area (Å²) in [6.45, 7) is 3.06. The summed E-state index contributed by atoms with van der Waals surface area (Å²) < 4.78 is 5.75. The average Bonchev–Trinajstić information content (AvgIpc) is 2.78. The molecule has 0 saturated carbocycles. The van der Waals surface area contributed by atoms with E-state index in [4.69, 9.17) is 10.6 Å². The average molecular weight is 254 g/mol. The molecule has 4 heteroatoms. The van der Waals surface area contributed by atoms with Crippen molar-refractivity contribution in [2.75, 3.05) is 6.61 Å². The highest BCUT2D eigenvalue weighted by molar-refractivity contribution is 7.10. The summed E-state index contributed by atoms with van der Waals surface area (Å²) in [7, 11) is 0. The highest BCUT2D eigenvalue weighted by atomic mass is 32.1. The van der Waals surface area contributed by atoms with Gasteiger partial charge in [-0.15, -0.1) is 11.3 Å². The van der Waals surface area contributed by atoms with Crippen LogP contribution in [0.25, 0.3) is 0 Å². The van der Waals surface area contributed by atoms with Crippen LogP contribution in [0, 0.1) is 6.92 Å². The van der Waals surface area contributed by atoms with Crippen molar-refractivity contribution in [2.24, 2.45) is 5.84 Å². The van der Waals surface area contributed by atoms with Crippen molar-refractivity contribution >= 4 is 11.3 Å². The van der Waals surface area contributed by atoms with E-state index < -0.39 is 0 Å². The van der Waals surface area contributed by atoms with Crippen molar-refractivity contribution in [3.8, 4) is 0 Å². The number of hydrogen-bond acceptors (Lipinski definition) is 4. The van der Waals surface area contributed by atoms with Crippen LogP contribution in [0.15, 0.2) is 11.4 Å². The Morgan fingerprint density at radius 3 is 3.06 bits per heavy atom. The molecule has 2 rings (SSSR count). The molecule has 0 spiro atoms. The topological polar surface area (TPSA) is 47.3 Å². The second-order valence-electron chi connectivity index (χ2n) is 4.78. The number of rotatable bonds is 5. The van der Waals surface area contributed by atoms with Crippen LogP contribution in [-0.2, 0) is 4.74 Å². The standard InChI is InChI=1S/C13H22N2OS/c1-10-8-11(9-17-10)13(15-14)6-5-12-4-2-3-7-16-12/h8-9,12-13,15H,2-7,14H2,1H3. The van der Waals surface area contributed by atoms with E-state index in [9.17, 15) is 0 Å². The van der Waals surface area contributed by atoms with Gasteiger partial charge in [0.15, 0.2) is 0 Å². The Labute approximate surface area is 107 Å². The molecule has 96 valence electrons. The van der Waals surface area contributed by atoms with Gasteiger partial charge in [0, 0.05) is 17.5 Å². The molecular weight excluding hydrogens is 232 g/mol. The third-order valence-electron chi connectivity index (χ3n) is 3.41. The predicted octanol–water partition coefficient (Wildman–Crippen LogP) is 2.91. The van der Waals surface area contributed by atoms with Crippen molar-refractivity contribution in [3.63, 3.8) is 0 Å². The molecule has 1 saturated heterocycles. The van der Waals surface area contributed by atoms with E-state index >= 15 is 0 Å². The first-order chi connectivity index (χ1) is 8.29. The summed E-state index contributed by atoms with van der Waals surface area (Å²) in [5, 5.41) is 2.20. The van der Waals surface area contributed by atoms with E-state index in [2.05, 4.69) is 23.8 Å². The molecule has 1 aromatic heterocycles. The van der Waals surface area contributed by atoms with Gasteiger partial charge in [-0.1, -0.05) is 0 Å². The third kappa shape index (κ3) is 3.78. The van der Waals surface area contributed by atoms with Gasteiger partial charge in [-0.25, -0.2) is 0 Å². The molecule has 1 fully saturated rings. The Bertz CT molecular complexity index is 334. The number of thiophene rings is 1. The largest absolute Gasteiger partial charge is 0.378 e. The second-order valence-corrected chi connectivity index (χ2v) is 5.89. The Morgan fingerprint density at radius 1 is 1.59 bits per heavy atom. The first-order valence-electron chi connectivity index (χ1n) is 6.42. The molecule has 0 amide bonds. The Kier molecular flexibility index (Phi) is 4.98. The van der Waals surface area contributed by atoms with Gasteiger partial charge < -0.3 is 4.74 Å². The van der Waals surface area contributed by atoms with Crippen LogP contribution in [0.2, 0.25) is 0 Å². The fourth-order valence-electron chi connectivity index (χ4n) is 2.38. The lowest BCUT2D eigenvalue weighted by Gasteiger charge is -2.24. The van der Waals surface area contributed by atoms with E-state index in [0.717, 1.165) is 19.4 Å². The van der Waals surface area contributed by atoms with Crippen molar-refractivity contribution in [1.29, 1.82) is 0 Å². The summed E-state index contributed by atoms with van der Waals surface area (Å²) in [5.41, 5.74) is 4.23. The SMILES string of the molecule is Cc1cc(C(CCC2CCCCO2)NN)cs1. The molecule has 3 nitrogen and oxygen atoms in total. The Balaban J connectivity index is 1.82. The molecule has 1 aromatic rings. The lowest BCUT2D eigenvalue weighted by Crippen LogP contribution is -2.29. The first-order valence-corrected chi connectivity index (χ1v) is 7.30. The molecule has 0 aromatic carbocycles. The number of nitrogens with one attached hydrogen (secondary N) is 1. The quantitative estimate of drug-likeness (QED) is 0.627. The van der Waals surface area contributed by atoms with E-state index in [1.165, 1.54) is 29.7 Å². The minimum Gasteiger partial charge on any atom is -0.378 e. The summed E-state index contributed by atoms with van der Waals surface area (Å²) in [6.07, 6.45) is 6.34. The number of hydrazine groups is 1. The minimum absolute atomic E-state index is 0.269. The van der Waals surface area contributed by atoms with E-state index in [0.29, 0.717) is 6.10 Å². The normalized spacial score (nSPS) is 22.6. The molecule has 3 N–H and O–H groups in total. The van der Waals surface area contributed by atoms with Crippen molar-refractivity contribution in [2.45, 2.75) is 51.2 Å². The highest BCUT2D eigenvalue weighted by Gasteiger charge is 2.17. The zero-order valence-electron chi connectivity index (χ0n) is 10.4. The maximum Gasteiger partial charge on any atom is 0.0575 e. The fourth-order valence-corrected chi connectivity index (χ4v) is 3.14. The molecule has 1 aliphatic rings. The van der Waals surface area contributed by atoms with E-state index in [-0.39, 0.29) is 6.04 Å². The van der Waals surface area contributed by atoms with E-state index in [1.54, 1.807) is 11.3 Å². The predicted molar refractivity (Wildman–Crippen MR) is 71.9 cm³/mol. The number of aryl methyl sites for hydroxylation is 1. The molecule has 2 unspecified atom stereocenters. The van der Waals surface area contributed by atoms with Gasteiger partial charge in [0.2, 0.25) is 0 Å². The first kappa shape index (κ1) is 13.0. The van der Waals surface area contributed by atoms with Gasteiger partial charge in [-0.05, 0) is 56.0 Å². The van der Waals surface area contributed by atoms with Gasteiger partial charge in [0.05, 0.1) is 6.10 Å². The van der Waals surface area contributed by atoms with Crippen molar-refractivity contribution in [1.82, 2.24) is 5.43 Å². The zero-order chi connectivity index (χ0) is 12.1.